The van der Waals surface area contributed by atoms with Crippen molar-refractivity contribution in [1.29, 1.82) is 0 Å². The standard InChI is InChI=1S/C15H15N5OS/c21-14(13-10-20-15(17-13)22-11-16-20)19-8-6-18(7-9-19)12-4-2-1-3-5-12/h1-5,10-11H,6-9H2. The Morgan fingerprint density at radius 1 is 1.09 bits per heavy atom. The molecule has 0 saturated carbocycles. The molecule has 0 aliphatic carbocycles. The molecule has 7 heteroatoms. The van der Waals surface area contributed by atoms with Gasteiger partial charge >= 0.3 is 0 Å². The minimum atomic E-state index is -0.00888. The summed E-state index contributed by atoms with van der Waals surface area (Å²) in [5.41, 5.74) is 3.41. The molecule has 0 spiro atoms. The molecule has 1 saturated heterocycles. The van der Waals surface area contributed by atoms with Gasteiger partial charge in [0.1, 0.15) is 11.2 Å². The zero-order valence-corrected chi connectivity index (χ0v) is 12.7. The maximum absolute atomic E-state index is 12.5. The lowest BCUT2D eigenvalue weighted by Gasteiger charge is -2.35. The maximum atomic E-state index is 12.5. The Balaban J connectivity index is 1.45. The SMILES string of the molecule is O=C(c1cn2ncsc2n1)N1CCN(c2ccccc2)CC1. The molecular weight excluding hydrogens is 298 g/mol. The Morgan fingerprint density at radius 2 is 1.86 bits per heavy atom. The number of nitrogens with zero attached hydrogens (tertiary/aromatic N) is 5. The first-order valence-corrected chi connectivity index (χ1v) is 8.07. The van der Waals surface area contributed by atoms with Crippen LogP contribution in [-0.2, 0) is 0 Å². The fourth-order valence-electron chi connectivity index (χ4n) is 2.71. The van der Waals surface area contributed by atoms with E-state index in [1.807, 2.05) is 23.1 Å². The zero-order valence-electron chi connectivity index (χ0n) is 11.9. The lowest BCUT2D eigenvalue weighted by molar-refractivity contribution is 0.0741. The van der Waals surface area contributed by atoms with E-state index in [0.717, 1.165) is 18.1 Å². The van der Waals surface area contributed by atoms with E-state index in [4.69, 9.17) is 0 Å². The topological polar surface area (TPSA) is 53.7 Å². The quantitative estimate of drug-likeness (QED) is 0.723. The normalized spacial score (nSPS) is 15.5. The summed E-state index contributed by atoms with van der Waals surface area (Å²) >= 11 is 1.43. The molecule has 0 N–H and O–H groups in total. The number of carbonyl (C=O) groups excluding carboxylic acids is 1. The van der Waals surface area contributed by atoms with Crippen LogP contribution in [0.25, 0.3) is 4.96 Å². The molecule has 1 aliphatic rings. The van der Waals surface area contributed by atoms with E-state index in [2.05, 4.69) is 27.1 Å². The van der Waals surface area contributed by atoms with E-state index in [1.165, 1.54) is 17.0 Å². The number of imidazole rings is 1. The monoisotopic (exact) mass is 313 g/mol. The van der Waals surface area contributed by atoms with Gasteiger partial charge in [-0.05, 0) is 12.1 Å². The van der Waals surface area contributed by atoms with Crippen molar-refractivity contribution in [1.82, 2.24) is 19.5 Å². The number of hydrogen-bond donors (Lipinski definition) is 0. The van der Waals surface area contributed by atoms with Crippen molar-refractivity contribution in [2.24, 2.45) is 0 Å². The van der Waals surface area contributed by atoms with Crippen LogP contribution in [0.15, 0.2) is 42.0 Å². The van der Waals surface area contributed by atoms with E-state index < -0.39 is 0 Å². The summed E-state index contributed by atoms with van der Waals surface area (Å²) in [6, 6.07) is 10.3. The summed E-state index contributed by atoms with van der Waals surface area (Å²) in [6.07, 6.45) is 1.71. The molecule has 1 amide bonds. The van der Waals surface area contributed by atoms with Gasteiger partial charge in [0.2, 0.25) is 4.96 Å². The van der Waals surface area contributed by atoms with Crippen molar-refractivity contribution in [3.63, 3.8) is 0 Å². The first-order chi connectivity index (χ1) is 10.8. The summed E-state index contributed by atoms with van der Waals surface area (Å²) in [7, 11) is 0. The van der Waals surface area contributed by atoms with Gasteiger partial charge in [-0.25, -0.2) is 9.50 Å². The van der Waals surface area contributed by atoms with Crippen molar-refractivity contribution in [3.05, 3.63) is 47.7 Å². The highest BCUT2D eigenvalue weighted by molar-refractivity contribution is 7.14. The van der Waals surface area contributed by atoms with Crippen molar-refractivity contribution >= 4 is 27.9 Å². The number of piperazine rings is 1. The summed E-state index contributed by atoms with van der Waals surface area (Å²) in [4.78, 5) is 21.8. The number of para-hydroxylation sites is 1. The Labute approximate surface area is 131 Å². The van der Waals surface area contributed by atoms with E-state index >= 15 is 0 Å². The molecule has 0 radical (unpaired) electrons. The van der Waals surface area contributed by atoms with Gasteiger partial charge in [-0.1, -0.05) is 29.5 Å². The minimum absolute atomic E-state index is 0.00888. The summed E-state index contributed by atoms with van der Waals surface area (Å²) in [6.45, 7) is 3.12. The van der Waals surface area contributed by atoms with E-state index in [9.17, 15) is 4.79 Å². The molecule has 22 heavy (non-hydrogen) atoms. The van der Waals surface area contributed by atoms with Crippen LogP contribution in [-0.4, -0.2) is 51.6 Å². The highest BCUT2D eigenvalue weighted by Crippen LogP contribution is 2.17. The predicted octanol–water partition coefficient (Wildman–Crippen LogP) is 1.75. The smallest absolute Gasteiger partial charge is 0.274 e. The number of amides is 1. The second-order valence-electron chi connectivity index (χ2n) is 5.21. The molecule has 0 unspecified atom stereocenters. The average Bonchev–Trinajstić information content (AvgIpc) is 3.17. The Kier molecular flexibility index (Phi) is 3.27. The third kappa shape index (κ3) is 2.33. The molecule has 1 aromatic carbocycles. The molecule has 2 aromatic heterocycles. The number of benzene rings is 1. The van der Waals surface area contributed by atoms with Gasteiger partial charge in [0.25, 0.3) is 5.91 Å². The third-order valence-electron chi connectivity index (χ3n) is 3.89. The maximum Gasteiger partial charge on any atom is 0.274 e. The summed E-state index contributed by atoms with van der Waals surface area (Å²) in [5, 5.41) is 4.11. The second-order valence-corrected chi connectivity index (χ2v) is 6.02. The summed E-state index contributed by atoms with van der Waals surface area (Å²) in [5.74, 6) is -0.00888. The molecule has 112 valence electrons. The summed E-state index contributed by atoms with van der Waals surface area (Å²) < 4.78 is 1.65. The van der Waals surface area contributed by atoms with Crippen molar-refractivity contribution in [2.75, 3.05) is 31.1 Å². The van der Waals surface area contributed by atoms with Crippen molar-refractivity contribution in [2.45, 2.75) is 0 Å². The molecule has 1 aliphatic heterocycles. The fourth-order valence-corrected chi connectivity index (χ4v) is 3.31. The van der Waals surface area contributed by atoms with Crippen LogP contribution in [0.3, 0.4) is 0 Å². The van der Waals surface area contributed by atoms with Gasteiger partial charge in [0.15, 0.2) is 0 Å². The molecule has 3 aromatic rings. The number of hydrogen-bond acceptors (Lipinski definition) is 5. The lowest BCUT2D eigenvalue weighted by atomic mass is 10.2. The van der Waals surface area contributed by atoms with Crippen LogP contribution < -0.4 is 4.90 Å². The molecule has 0 bridgehead atoms. The number of aromatic nitrogens is 3. The van der Waals surface area contributed by atoms with Crippen LogP contribution in [0.1, 0.15) is 10.5 Å². The van der Waals surface area contributed by atoms with E-state index in [-0.39, 0.29) is 5.91 Å². The van der Waals surface area contributed by atoms with Crippen molar-refractivity contribution in [3.8, 4) is 0 Å². The largest absolute Gasteiger partial charge is 0.368 e. The van der Waals surface area contributed by atoms with Crippen molar-refractivity contribution < 1.29 is 4.79 Å². The average molecular weight is 313 g/mol. The highest BCUT2D eigenvalue weighted by Gasteiger charge is 2.24. The van der Waals surface area contributed by atoms with Crippen LogP contribution in [0.2, 0.25) is 0 Å². The molecule has 6 nitrogen and oxygen atoms in total. The number of carbonyl (C=O) groups is 1. The highest BCUT2D eigenvalue weighted by atomic mass is 32.1. The van der Waals surface area contributed by atoms with Crippen LogP contribution in [0.5, 0.6) is 0 Å². The van der Waals surface area contributed by atoms with Gasteiger partial charge in [0, 0.05) is 31.9 Å². The lowest BCUT2D eigenvalue weighted by Crippen LogP contribution is -2.48. The second kappa shape index (κ2) is 5.42. The zero-order chi connectivity index (χ0) is 14.9. The number of anilines is 1. The van der Waals surface area contributed by atoms with Gasteiger partial charge in [-0.2, -0.15) is 5.10 Å². The van der Waals surface area contributed by atoms with Gasteiger partial charge in [-0.3, -0.25) is 4.79 Å². The van der Waals surface area contributed by atoms with Crippen LogP contribution in [0.4, 0.5) is 5.69 Å². The Bertz CT molecular complexity index is 760. The fraction of sp³-hybridized carbons (Fsp3) is 0.267. The molecule has 4 rings (SSSR count). The first-order valence-electron chi connectivity index (χ1n) is 7.19. The van der Waals surface area contributed by atoms with Gasteiger partial charge in [-0.15, -0.1) is 0 Å². The molecule has 0 atom stereocenters. The predicted molar refractivity (Wildman–Crippen MR) is 85.4 cm³/mol. The number of rotatable bonds is 2. The van der Waals surface area contributed by atoms with Gasteiger partial charge < -0.3 is 9.80 Å². The first kappa shape index (κ1) is 13.3. The third-order valence-corrected chi connectivity index (χ3v) is 4.58. The van der Waals surface area contributed by atoms with Crippen LogP contribution >= 0.6 is 11.3 Å². The Morgan fingerprint density at radius 3 is 2.59 bits per heavy atom. The minimum Gasteiger partial charge on any atom is -0.368 e. The molecular formula is C15H15N5OS. The van der Waals surface area contributed by atoms with E-state index in [0.29, 0.717) is 18.8 Å². The van der Waals surface area contributed by atoms with E-state index in [1.54, 1.807) is 16.2 Å². The van der Waals surface area contributed by atoms with Gasteiger partial charge in [0.05, 0.1) is 6.20 Å². The number of fused-ring (bicyclic) bond motifs is 1. The Hall–Kier alpha value is -2.41. The van der Waals surface area contributed by atoms with Crippen LogP contribution in [0, 0.1) is 0 Å². The molecule has 1 fully saturated rings. The molecule has 3 heterocycles.